The highest BCUT2D eigenvalue weighted by Gasteiger charge is 2.29. The molecular weight excluding hydrogens is 256 g/mol. The summed E-state index contributed by atoms with van der Waals surface area (Å²) in [6.07, 6.45) is 4.84. The van der Waals surface area contributed by atoms with Crippen LogP contribution in [0.1, 0.15) is 45.1 Å². The molecule has 0 aromatic heterocycles. The van der Waals surface area contributed by atoms with Gasteiger partial charge in [0.05, 0.1) is 16.3 Å². The number of anilines is 1. The fourth-order valence-electron chi connectivity index (χ4n) is 2.89. The van der Waals surface area contributed by atoms with E-state index in [0.29, 0.717) is 22.0 Å². The molecule has 0 aliphatic heterocycles. The molecule has 0 bridgehead atoms. The first-order valence-electron chi connectivity index (χ1n) is 6.86. The number of hydrogen-bond acceptors (Lipinski definition) is 2. The fourth-order valence-corrected chi connectivity index (χ4v) is 3.10. The van der Waals surface area contributed by atoms with Gasteiger partial charge < -0.3 is 4.90 Å². The first-order chi connectivity index (χ1) is 8.94. The van der Waals surface area contributed by atoms with Crippen molar-refractivity contribution in [1.82, 2.24) is 0 Å². The summed E-state index contributed by atoms with van der Waals surface area (Å²) in [6.45, 7) is 4.67. The largest absolute Gasteiger partial charge is 0.371 e. The molecule has 1 aliphatic rings. The lowest BCUT2D eigenvalue weighted by atomic mass is 9.75. The van der Waals surface area contributed by atoms with E-state index in [1.54, 1.807) is 6.07 Å². The van der Waals surface area contributed by atoms with E-state index in [2.05, 4.69) is 31.9 Å². The summed E-state index contributed by atoms with van der Waals surface area (Å²) in [5, 5.41) is 9.81. The second-order valence-electron chi connectivity index (χ2n) is 6.25. The van der Waals surface area contributed by atoms with Gasteiger partial charge in [0.1, 0.15) is 6.07 Å². The molecule has 0 N–H and O–H groups in total. The van der Waals surface area contributed by atoms with Crippen LogP contribution in [0, 0.1) is 16.7 Å². The predicted octanol–water partition coefficient (Wildman–Crippen LogP) is 4.62. The van der Waals surface area contributed by atoms with Crippen LogP contribution in [0.3, 0.4) is 0 Å². The number of hydrogen-bond donors (Lipinski definition) is 0. The van der Waals surface area contributed by atoms with Crippen molar-refractivity contribution < 1.29 is 0 Å². The quantitative estimate of drug-likeness (QED) is 0.788. The van der Waals surface area contributed by atoms with Crippen molar-refractivity contribution in [3.05, 3.63) is 28.8 Å². The molecule has 1 fully saturated rings. The van der Waals surface area contributed by atoms with Gasteiger partial charge in [0.2, 0.25) is 0 Å². The van der Waals surface area contributed by atoms with E-state index < -0.39 is 0 Å². The van der Waals surface area contributed by atoms with E-state index >= 15 is 0 Å². The van der Waals surface area contributed by atoms with Crippen molar-refractivity contribution in [2.45, 2.75) is 45.6 Å². The highest BCUT2D eigenvalue weighted by atomic mass is 35.5. The van der Waals surface area contributed by atoms with Crippen LogP contribution < -0.4 is 4.90 Å². The minimum atomic E-state index is 0.462. The van der Waals surface area contributed by atoms with Gasteiger partial charge in [-0.25, -0.2) is 0 Å². The number of benzene rings is 1. The SMILES string of the molecule is CN(c1cccc(Cl)c1C#N)C1CCC(C)(C)CC1. The second kappa shape index (κ2) is 5.43. The standard InChI is InChI=1S/C16H21ClN2/c1-16(2)9-7-12(8-10-16)19(3)15-6-4-5-14(17)13(15)11-18/h4-6,12H,7-10H2,1-3H3. The Morgan fingerprint density at radius 3 is 2.53 bits per heavy atom. The van der Waals surface area contributed by atoms with E-state index in [0.717, 1.165) is 5.69 Å². The molecule has 0 radical (unpaired) electrons. The molecule has 1 saturated carbocycles. The van der Waals surface area contributed by atoms with Crippen molar-refractivity contribution in [2.75, 3.05) is 11.9 Å². The molecule has 102 valence electrons. The van der Waals surface area contributed by atoms with Crippen LogP contribution in [0.2, 0.25) is 5.02 Å². The molecule has 0 saturated heterocycles. The third-order valence-electron chi connectivity index (χ3n) is 4.34. The van der Waals surface area contributed by atoms with Crippen molar-refractivity contribution in [3.8, 4) is 6.07 Å². The van der Waals surface area contributed by atoms with Crippen LogP contribution in [-0.2, 0) is 0 Å². The topological polar surface area (TPSA) is 27.0 Å². The third-order valence-corrected chi connectivity index (χ3v) is 4.65. The lowest BCUT2D eigenvalue weighted by Gasteiger charge is -2.39. The Bertz CT molecular complexity index is 492. The second-order valence-corrected chi connectivity index (χ2v) is 6.66. The fraction of sp³-hybridized carbons (Fsp3) is 0.562. The number of nitriles is 1. The Morgan fingerprint density at radius 2 is 1.95 bits per heavy atom. The number of rotatable bonds is 2. The van der Waals surface area contributed by atoms with E-state index in [1.165, 1.54) is 25.7 Å². The van der Waals surface area contributed by atoms with Gasteiger partial charge in [-0.2, -0.15) is 5.26 Å². The zero-order valence-corrected chi connectivity index (χ0v) is 12.7. The molecule has 1 aliphatic carbocycles. The maximum Gasteiger partial charge on any atom is 0.103 e. The molecular formula is C16H21ClN2. The molecule has 0 spiro atoms. The maximum absolute atomic E-state index is 9.27. The summed E-state index contributed by atoms with van der Waals surface area (Å²) in [6, 6.07) is 8.43. The Hall–Kier alpha value is -1.20. The minimum absolute atomic E-state index is 0.462. The van der Waals surface area contributed by atoms with Crippen molar-refractivity contribution >= 4 is 17.3 Å². The highest BCUT2D eigenvalue weighted by molar-refractivity contribution is 6.32. The summed E-state index contributed by atoms with van der Waals surface area (Å²) >= 11 is 6.11. The van der Waals surface area contributed by atoms with Crippen LogP contribution in [0.4, 0.5) is 5.69 Å². The van der Waals surface area contributed by atoms with Gasteiger partial charge in [0, 0.05) is 13.1 Å². The van der Waals surface area contributed by atoms with Crippen LogP contribution in [0.15, 0.2) is 18.2 Å². The first kappa shape index (κ1) is 14.2. The summed E-state index contributed by atoms with van der Waals surface area (Å²) < 4.78 is 0. The molecule has 2 nitrogen and oxygen atoms in total. The van der Waals surface area contributed by atoms with Crippen LogP contribution >= 0.6 is 11.6 Å². The van der Waals surface area contributed by atoms with E-state index in [1.807, 2.05) is 12.1 Å². The van der Waals surface area contributed by atoms with Gasteiger partial charge in [-0.15, -0.1) is 0 Å². The van der Waals surface area contributed by atoms with Gasteiger partial charge in [-0.1, -0.05) is 31.5 Å². The molecule has 1 aromatic rings. The molecule has 0 atom stereocenters. The van der Waals surface area contributed by atoms with Gasteiger partial charge in [-0.3, -0.25) is 0 Å². The minimum Gasteiger partial charge on any atom is -0.371 e. The summed E-state index contributed by atoms with van der Waals surface area (Å²) in [4.78, 5) is 2.24. The Morgan fingerprint density at radius 1 is 1.32 bits per heavy atom. The smallest absolute Gasteiger partial charge is 0.103 e. The van der Waals surface area contributed by atoms with Gasteiger partial charge >= 0.3 is 0 Å². The van der Waals surface area contributed by atoms with E-state index in [4.69, 9.17) is 11.6 Å². The summed E-state index contributed by atoms with van der Waals surface area (Å²) in [5.41, 5.74) is 2.01. The first-order valence-corrected chi connectivity index (χ1v) is 7.24. The molecule has 0 unspecified atom stereocenters. The Labute approximate surface area is 121 Å². The zero-order valence-electron chi connectivity index (χ0n) is 11.9. The summed E-state index contributed by atoms with van der Waals surface area (Å²) in [7, 11) is 2.08. The van der Waals surface area contributed by atoms with E-state index in [9.17, 15) is 5.26 Å². The Kier molecular flexibility index (Phi) is 4.06. The van der Waals surface area contributed by atoms with E-state index in [-0.39, 0.29) is 0 Å². The monoisotopic (exact) mass is 276 g/mol. The maximum atomic E-state index is 9.27. The molecule has 19 heavy (non-hydrogen) atoms. The van der Waals surface area contributed by atoms with Crippen molar-refractivity contribution in [2.24, 2.45) is 5.41 Å². The molecule has 1 aromatic carbocycles. The molecule has 0 heterocycles. The molecule has 2 rings (SSSR count). The number of halogens is 1. The van der Waals surface area contributed by atoms with Crippen molar-refractivity contribution in [3.63, 3.8) is 0 Å². The normalized spacial score (nSPS) is 18.9. The van der Waals surface area contributed by atoms with Gasteiger partial charge in [0.25, 0.3) is 0 Å². The van der Waals surface area contributed by atoms with Crippen LogP contribution in [0.5, 0.6) is 0 Å². The van der Waals surface area contributed by atoms with Gasteiger partial charge in [0.15, 0.2) is 0 Å². The highest BCUT2D eigenvalue weighted by Crippen LogP contribution is 2.38. The Balaban J connectivity index is 2.19. The molecule has 0 amide bonds. The average Bonchev–Trinajstić information content (AvgIpc) is 2.37. The van der Waals surface area contributed by atoms with Crippen molar-refractivity contribution in [1.29, 1.82) is 5.26 Å². The van der Waals surface area contributed by atoms with Gasteiger partial charge in [-0.05, 0) is 43.2 Å². The lowest BCUT2D eigenvalue weighted by Crippen LogP contribution is -2.37. The zero-order chi connectivity index (χ0) is 14.0. The van der Waals surface area contributed by atoms with Crippen LogP contribution in [0.25, 0.3) is 0 Å². The van der Waals surface area contributed by atoms with Crippen LogP contribution in [-0.4, -0.2) is 13.1 Å². The predicted molar refractivity (Wildman–Crippen MR) is 80.6 cm³/mol. The summed E-state index contributed by atoms with van der Waals surface area (Å²) in [5.74, 6) is 0. The number of nitrogens with zero attached hydrogens (tertiary/aromatic N) is 2. The molecule has 3 heteroatoms. The lowest BCUT2D eigenvalue weighted by molar-refractivity contribution is 0.222. The average molecular weight is 277 g/mol. The third kappa shape index (κ3) is 3.04.